The van der Waals surface area contributed by atoms with Crippen molar-refractivity contribution in [1.82, 2.24) is 4.90 Å². The van der Waals surface area contributed by atoms with Gasteiger partial charge in [-0.1, -0.05) is 0 Å². The Bertz CT molecular complexity index is 211. The average Bonchev–Trinajstić information content (AvgIpc) is 2.34. The van der Waals surface area contributed by atoms with Crippen molar-refractivity contribution in [3.63, 3.8) is 0 Å². The first-order valence-corrected chi connectivity index (χ1v) is 6.52. The number of carbonyl (C=O) groups is 1. The van der Waals surface area contributed by atoms with Crippen molar-refractivity contribution in [3.05, 3.63) is 0 Å². The molecule has 0 atom stereocenters. The topological polar surface area (TPSA) is 38.8 Å². The van der Waals surface area contributed by atoms with Crippen LogP contribution >= 0.6 is 0 Å². The highest BCUT2D eigenvalue weighted by Crippen LogP contribution is 2.19. The van der Waals surface area contributed by atoms with Gasteiger partial charge in [-0.05, 0) is 26.3 Å². The van der Waals surface area contributed by atoms with Gasteiger partial charge in [0.05, 0.1) is 13.2 Å². The first kappa shape index (κ1) is 14.6. The molecule has 4 heteroatoms. The van der Waals surface area contributed by atoms with E-state index in [0.29, 0.717) is 25.0 Å². The van der Waals surface area contributed by atoms with Crippen LogP contribution < -0.4 is 0 Å². The Balaban J connectivity index is 2.00. The van der Waals surface area contributed by atoms with E-state index in [4.69, 9.17) is 9.47 Å². The molecule has 1 rings (SSSR count). The highest BCUT2D eigenvalue weighted by atomic mass is 16.5. The van der Waals surface area contributed by atoms with Crippen LogP contribution in [0.2, 0.25) is 0 Å². The second kappa shape index (κ2) is 8.61. The quantitative estimate of drug-likeness (QED) is 0.605. The standard InChI is InChI=1S/C13H25NO3/c1-14(8-3-9-17-11-10-16-2)12-4-6-13(15)7-5-12/h12H,3-11H2,1-2H3. The van der Waals surface area contributed by atoms with Crippen LogP contribution in [0.1, 0.15) is 32.1 Å². The molecule has 1 saturated carbocycles. The fraction of sp³-hybridized carbons (Fsp3) is 0.923. The summed E-state index contributed by atoms with van der Waals surface area (Å²) >= 11 is 0. The van der Waals surface area contributed by atoms with Gasteiger partial charge in [-0.3, -0.25) is 4.79 Å². The van der Waals surface area contributed by atoms with E-state index in [-0.39, 0.29) is 0 Å². The van der Waals surface area contributed by atoms with Crippen LogP contribution in [0.3, 0.4) is 0 Å². The molecule has 0 amide bonds. The van der Waals surface area contributed by atoms with E-state index in [2.05, 4.69) is 11.9 Å². The van der Waals surface area contributed by atoms with Crippen LogP contribution in [0.5, 0.6) is 0 Å². The molecule has 0 saturated heterocycles. The lowest BCUT2D eigenvalue weighted by Gasteiger charge is -2.30. The summed E-state index contributed by atoms with van der Waals surface area (Å²) < 4.78 is 10.3. The van der Waals surface area contributed by atoms with E-state index >= 15 is 0 Å². The lowest BCUT2D eigenvalue weighted by molar-refractivity contribution is -0.121. The predicted octanol–water partition coefficient (Wildman–Crippen LogP) is 1.48. The molecule has 1 aliphatic rings. The van der Waals surface area contributed by atoms with E-state index in [1.165, 1.54) is 0 Å². The molecule has 17 heavy (non-hydrogen) atoms. The summed E-state index contributed by atoms with van der Waals surface area (Å²) in [6, 6.07) is 0.590. The van der Waals surface area contributed by atoms with Crippen molar-refractivity contribution in [1.29, 1.82) is 0 Å². The van der Waals surface area contributed by atoms with E-state index < -0.39 is 0 Å². The zero-order chi connectivity index (χ0) is 12.5. The molecule has 0 heterocycles. The summed E-state index contributed by atoms with van der Waals surface area (Å²) in [6.07, 6.45) is 4.63. The van der Waals surface area contributed by atoms with Crippen LogP contribution in [0.25, 0.3) is 0 Å². The van der Waals surface area contributed by atoms with Gasteiger partial charge in [-0.15, -0.1) is 0 Å². The Hall–Kier alpha value is -0.450. The maximum absolute atomic E-state index is 11.1. The largest absolute Gasteiger partial charge is 0.382 e. The molecule has 0 aromatic rings. The monoisotopic (exact) mass is 243 g/mol. The summed E-state index contributed by atoms with van der Waals surface area (Å²) in [5.41, 5.74) is 0. The van der Waals surface area contributed by atoms with Crippen LogP contribution in [-0.4, -0.2) is 57.2 Å². The Kier molecular flexibility index (Phi) is 7.40. The van der Waals surface area contributed by atoms with Crippen LogP contribution in [0, 0.1) is 0 Å². The molecule has 100 valence electrons. The van der Waals surface area contributed by atoms with Gasteiger partial charge in [-0.2, -0.15) is 0 Å². The Morgan fingerprint density at radius 3 is 2.59 bits per heavy atom. The van der Waals surface area contributed by atoms with E-state index in [9.17, 15) is 4.79 Å². The number of ether oxygens (including phenoxy) is 2. The molecule has 1 fully saturated rings. The number of hydrogen-bond donors (Lipinski definition) is 0. The van der Waals surface area contributed by atoms with Gasteiger partial charge in [0.25, 0.3) is 0 Å². The van der Waals surface area contributed by atoms with Crippen molar-refractivity contribution in [2.24, 2.45) is 0 Å². The summed E-state index contributed by atoms with van der Waals surface area (Å²) in [4.78, 5) is 13.5. The smallest absolute Gasteiger partial charge is 0.133 e. The summed E-state index contributed by atoms with van der Waals surface area (Å²) in [5, 5.41) is 0. The molecule has 4 nitrogen and oxygen atoms in total. The number of ketones is 1. The van der Waals surface area contributed by atoms with E-state index in [1.807, 2.05) is 0 Å². The average molecular weight is 243 g/mol. The number of Topliss-reactive ketones (excluding diaryl/α,β-unsaturated/α-hetero) is 1. The third-order valence-electron chi connectivity index (χ3n) is 3.37. The summed E-state index contributed by atoms with van der Waals surface area (Å²) in [5.74, 6) is 0.428. The lowest BCUT2D eigenvalue weighted by Crippen LogP contribution is -2.36. The van der Waals surface area contributed by atoms with Crippen molar-refractivity contribution in [2.45, 2.75) is 38.1 Å². The van der Waals surface area contributed by atoms with Gasteiger partial charge in [0.15, 0.2) is 0 Å². The SMILES string of the molecule is COCCOCCCN(C)C1CCC(=O)CC1. The predicted molar refractivity (Wildman–Crippen MR) is 67.2 cm³/mol. The molecule has 0 radical (unpaired) electrons. The Labute approximate surface area is 104 Å². The zero-order valence-corrected chi connectivity index (χ0v) is 11.1. The van der Waals surface area contributed by atoms with E-state index in [0.717, 1.165) is 45.3 Å². The Morgan fingerprint density at radius 2 is 1.94 bits per heavy atom. The number of hydrogen-bond acceptors (Lipinski definition) is 4. The first-order chi connectivity index (χ1) is 8.24. The fourth-order valence-corrected chi connectivity index (χ4v) is 2.21. The summed E-state index contributed by atoms with van der Waals surface area (Å²) in [6.45, 7) is 3.18. The zero-order valence-electron chi connectivity index (χ0n) is 11.1. The van der Waals surface area contributed by atoms with Gasteiger partial charge in [0.2, 0.25) is 0 Å². The minimum absolute atomic E-state index is 0.428. The minimum Gasteiger partial charge on any atom is -0.382 e. The Morgan fingerprint density at radius 1 is 1.24 bits per heavy atom. The first-order valence-electron chi connectivity index (χ1n) is 6.52. The molecule has 0 spiro atoms. The van der Waals surface area contributed by atoms with Gasteiger partial charge in [-0.25, -0.2) is 0 Å². The van der Waals surface area contributed by atoms with Crippen LogP contribution in [0.15, 0.2) is 0 Å². The molecule has 1 aliphatic carbocycles. The molecular formula is C13H25NO3. The molecule has 0 aliphatic heterocycles. The molecule has 0 bridgehead atoms. The number of carbonyl (C=O) groups excluding carboxylic acids is 1. The fourth-order valence-electron chi connectivity index (χ4n) is 2.21. The molecule has 0 aromatic carbocycles. The third kappa shape index (κ3) is 6.15. The van der Waals surface area contributed by atoms with Crippen LogP contribution in [-0.2, 0) is 14.3 Å². The summed E-state index contributed by atoms with van der Waals surface area (Å²) in [7, 11) is 3.83. The molecule has 0 unspecified atom stereocenters. The normalized spacial score (nSPS) is 17.9. The number of rotatable bonds is 8. The maximum Gasteiger partial charge on any atom is 0.133 e. The molecular weight excluding hydrogens is 218 g/mol. The van der Waals surface area contributed by atoms with Crippen molar-refractivity contribution in [3.8, 4) is 0 Å². The number of methoxy groups -OCH3 is 1. The lowest BCUT2D eigenvalue weighted by atomic mass is 9.93. The minimum atomic E-state index is 0.428. The van der Waals surface area contributed by atoms with Crippen LogP contribution in [0.4, 0.5) is 0 Å². The van der Waals surface area contributed by atoms with E-state index in [1.54, 1.807) is 7.11 Å². The highest BCUT2D eigenvalue weighted by Gasteiger charge is 2.21. The number of nitrogens with zero attached hydrogens (tertiary/aromatic N) is 1. The second-order valence-electron chi connectivity index (χ2n) is 4.71. The molecule has 0 N–H and O–H groups in total. The van der Waals surface area contributed by atoms with Crippen molar-refractivity contribution >= 4 is 5.78 Å². The maximum atomic E-state index is 11.1. The highest BCUT2D eigenvalue weighted by molar-refractivity contribution is 5.79. The van der Waals surface area contributed by atoms with Gasteiger partial charge in [0.1, 0.15) is 5.78 Å². The van der Waals surface area contributed by atoms with Crippen molar-refractivity contribution < 1.29 is 14.3 Å². The second-order valence-corrected chi connectivity index (χ2v) is 4.71. The molecule has 0 aromatic heterocycles. The van der Waals surface area contributed by atoms with Gasteiger partial charge in [0, 0.05) is 39.1 Å². The van der Waals surface area contributed by atoms with Crippen molar-refractivity contribution in [2.75, 3.05) is 40.5 Å². The van der Waals surface area contributed by atoms with Gasteiger partial charge < -0.3 is 14.4 Å². The van der Waals surface area contributed by atoms with Gasteiger partial charge >= 0.3 is 0 Å². The third-order valence-corrected chi connectivity index (χ3v) is 3.37.